The van der Waals surface area contributed by atoms with Gasteiger partial charge in [-0.3, -0.25) is 0 Å². The number of aromatic nitrogens is 3. The smallest absolute Gasteiger partial charge is 0.154 e. The molecule has 1 heterocycles. The molecule has 0 aliphatic rings. The first kappa shape index (κ1) is 12.6. The average Bonchev–Trinajstić information content (AvgIpc) is 2.46. The van der Waals surface area contributed by atoms with E-state index in [9.17, 15) is 5.11 Å². The van der Waals surface area contributed by atoms with Crippen LogP contribution in [0.5, 0.6) is 0 Å². The van der Waals surface area contributed by atoms with Crippen LogP contribution < -0.4 is 0 Å². The van der Waals surface area contributed by atoms with Gasteiger partial charge in [0.15, 0.2) is 4.60 Å². The maximum atomic E-state index is 10.3. The first-order valence-electron chi connectivity index (χ1n) is 5.27. The second-order valence-corrected chi connectivity index (χ2v) is 4.83. The summed E-state index contributed by atoms with van der Waals surface area (Å²) in [4.78, 5) is 0. The molecule has 1 aromatic heterocycles. The Balaban J connectivity index is 2.76. The van der Waals surface area contributed by atoms with E-state index in [1.165, 1.54) is 0 Å². The third kappa shape index (κ3) is 3.01. The maximum absolute atomic E-state index is 10.3. The molecule has 1 atom stereocenters. The average molecular weight is 276 g/mol. The molecule has 0 saturated heterocycles. The Morgan fingerprint density at radius 3 is 2.60 bits per heavy atom. The SMILES string of the molecule is CCCCCC(C)(O)c1c(Br)nnn1C. The highest BCUT2D eigenvalue weighted by Crippen LogP contribution is 2.30. The van der Waals surface area contributed by atoms with Crippen LogP contribution in [0.4, 0.5) is 0 Å². The van der Waals surface area contributed by atoms with Gasteiger partial charge in [0.25, 0.3) is 0 Å². The Hall–Kier alpha value is -0.420. The largest absolute Gasteiger partial charge is 0.384 e. The number of aliphatic hydroxyl groups is 1. The summed E-state index contributed by atoms with van der Waals surface area (Å²) in [6, 6.07) is 0. The summed E-state index contributed by atoms with van der Waals surface area (Å²) < 4.78 is 2.25. The molecule has 0 fully saturated rings. The fourth-order valence-electron chi connectivity index (χ4n) is 1.74. The number of aryl methyl sites for hydroxylation is 1. The molecule has 0 aliphatic heterocycles. The Labute approximate surface area is 98.8 Å². The van der Waals surface area contributed by atoms with Crippen molar-refractivity contribution in [3.05, 3.63) is 10.3 Å². The fraction of sp³-hybridized carbons (Fsp3) is 0.800. The van der Waals surface area contributed by atoms with Crippen molar-refractivity contribution in [3.8, 4) is 0 Å². The van der Waals surface area contributed by atoms with Gasteiger partial charge < -0.3 is 5.11 Å². The molecular weight excluding hydrogens is 258 g/mol. The summed E-state index contributed by atoms with van der Waals surface area (Å²) in [5.74, 6) is 0. The van der Waals surface area contributed by atoms with Gasteiger partial charge in [-0.05, 0) is 29.3 Å². The van der Waals surface area contributed by atoms with Crippen molar-refractivity contribution >= 4 is 15.9 Å². The summed E-state index contributed by atoms with van der Waals surface area (Å²) in [6.07, 6.45) is 4.04. The third-order valence-corrected chi connectivity index (χ3v) is 3.10. The molecule has 1 unspecified atom stereocenters. The summed E-state index contributed by atoms with van der Waals surface area (Å²) >= 11 is 3.31. The van der Waals surface area contributed by atoms with Crippen LogP contribution in [0.1, 0.15) is 45.2 Å². The first-order valence-corrected chi connectivity index (χ1v) is 6.06. The van der Waals surface area contributed by atoms with Crippen LogP contribution >= 0.6 is 15.9 Å². The highest BCUT2D eigenvalue weighted by Gasteiger charge is 2.29. The topological polar surface area (TPSA) is 50.9 Å². The molecule has 1 N–H and O–H groups in total. The van der Waals surface area contributed by atoms with Crippen molar-refractivity contribution in [2.45, 2.75) is 45.1 Å². The Kier molecular flexibility index (Phi) is 4.28. The van der Waals surface area contributed by atoms with Gasteiger partial charge in [0, 0.05) is 7.05 Å². The number of unbranched alkanes of at least 4 members (excludes halogenated alkanes) is 2. The molecular formula is C10H18BrN3O. The predicted octanol–water partition coefficient (Wildman–Crippen LogP) is 2.37. The van der Waals surface area contributed by atoms with Crippen LogP contribution in [0.15, 0.2) is 4.60 Å². The van der Waals surface area contributed by atoms with Gasteiger partial charge in [-0.1, -0.05) is 31.4 Å². The lowest BCUT2D eigenvalue weighted by molar-refractivity contribution is 0.0359. The summed E-state index contributed by atoms with van der Waals surface area (Å²) in [6.45, 7) is 3.96. The molecule has 1 aromatic rings. The van der Waals surface area contributed by atoms with Gasteiger partial charge in [-0.2, -0.15) is 0 Å². The number of rotatable bonds is 5. The molecule has 0 spiro atoms. The van der Waals surface area contributed by atoms with Gasteiger partial charge >= 0.3 is 0 Å². The highest BCUT2D eigenvalue weighted by molar-refractivity contribution is 9.10. The zero-order valence-electron chi connectivity index (χ0n) is 9.50. The van der Waals surface area contributed by atoms with Crippen molar-refractivity contribution < 1.29 is 5.11 Å². The van der Waals surface area contributed by atoms with Crippen LogP contribution in [-0.4, -0.2) is 20.1 Å². The van der Waals surface area contributed by atoms with E-state index >= 15 is 0 Å². The molecule has 0 aromatic carbocycles. The number of hydrogen-bond donors (Lipinski definition) is 1. The normalized spacial score (nSPS) is 15.3. The second kappa shape index (κ2) is 5.07. The van der Waals surface area contributed by atoms with E-state index in [-0.39, 0.29) is 0 Å². The van der Waals surface area contributed by atoms with E-state index in [1.54, 1.807) is 11.7 Å². The van der Waals surface area contributed by atoms with E-state index in [0.717, 1.165) is 31.4 Å². The first-order chi connectivity index (χ1) is 6.99. The van der Waals surface area contributed by atoms with Gasteiger partial charge in [-0.25, -0.2) is 4.68 Å². The summed E-state index contributed by atoms with van der Waals surface area (Å²) in [5.41, 5.74) is -0.106. The molecule has 0 amide bonds. The predicted molar refractivity (Wildman–Crippen MR) is 62.4 cm³/mol. The highest BCUT2D eigenvalue weighted by atomic mass is 79.9. The lowest BCUT2D eigenvalue weighted by Gasteiger charge is -2.23. The maximum Gasteiger partial charge on any atom is 0.154 e. The van der Waals surface area contributed by atoms with Gasteiger partial charge in [0.2, 0.25) is 0 Å². The molecule has 0 radical (unpaired) electrons. The van der Waals surface area contributed by atoms with E-state index in [4.69, 9.17) is 0 Å². The molecule has 15 heavy (non-hydrogen) atoms. The van der Waals surface area contributed by atoms with Crippen molar-refractivity contribution in [1.29, 1.82) is 0 Å². The summed E-state index contributed by atoms with van der Waals surface area (Å²) in [7, 11) is 1.79. The molecule has 1 rings (SSSR count). The van der Waals surface area contributed by atoms with Crippen LogP contribution in [-0.2, 0) is 12.6 Å². The summed E-state index contributed by atoms with van der Waals surface area (Å²) in [5, 5.41) is 18.1. The second-order valence-electron chi connectivity index (χ2n) is 4.08. The lowest BCUT2D eigenvalue weighted by Crippen LogP contribution is -2.25. The zero-order chi connectivity index (χ0) is 11.5. The van der Waals surface area contributed by atoms with E-state index in [1.807, 2.05) is 6.92 Å². The van der Waals surface area contributed by atoms with Crippen LogP contribution in [0.25, 0.3) is 0 Å². The van der Waals surface area contributed by atoms with Crippen molar-refractivity contribution in [2.75, 3.05) is 0 Å². The van der Waals surface area contributed by atoms with Crippen LogP contribution in [0.2, 0.25) is 0 Å². The molecule has 86 valence electrons. The minimum absolute atomic E-state index is 0.631. The van der Waals surface area contributed by atoms with Crippen molar-refractivity contribution in [3.63, 3.8) is 0 Å². The number of nitrogens with zero attached hydrogens (tertiary/aromatic N) is 3. The van der Waals surface area contributed by atoms with E-state index in [0.29, 0.717) is 4.60 Å². The van der Waals surface area contributed by atoms with Crippen molar-refractivity contribution in [1.82, 2.24) is 15.0 Å². The molecule has 4 nitrogen and oxygen atoms in total. The van der Waals surface area contributed by atoms with Crippen LogP contribution in [0, 0.1) is 0 Å². The number of hydrogen-bond acceptors (Lipinski definition) is 3. The number of halogens is 1. The Morgan fingerprint density at radius 1 is 1.47 bits per heavy atom. The monoisotopic (exact) mass is 275 g/mol. The van der Waals surface area contributed by atoms with Gasteiger partial charge in [0.1, 0.15) is 11.3 Å². The minimum atomic E-state index is -0.855. The molecule has 0 aliphatic carbocycles. The molecule has 5 heteroatoms. The third-order valence-electron chi connectivity index (χ3n) is 2.56. The zero-order valence-corrected chi connectivity index (χ0v) is 11.1. The van der Waals surface area contributed by atoms with Gasteiger partial charge in [-0.15, -0.1) is 5.10 Å². The van der Waals surface area contributed by atoms with E-state index < -0.39 is 5.60 Å². The fourth-order valence-corrected chi connectivity index (χ4v) is 2.49. The minimum Gasteiger partial charge on any atom is -0.384 e. The quantitative estimate of drug-likeness (QED) is 0.840. The van der Waals surface area contributed by atoms with Crippen molar-refractivity contribution in [2.24, 2.45) is 7.05 Å². The van der Waals surface area contributed by atoms with E-state index in [2.05, 4.69) is 33.2 Å². The van der Waals surface area contributed by atoms with Gasteiger partial charge in [0.05, 0.1) is 0 Å². The Bertz CT molecular complexity index is 303. The molecule has 0 saturated carbocycles. The van der Waals surface area contributed by atoms with Crippen LogP contribution in [0.3, 0.4) is 0 Å². The Morgan fingerprint density at radius 2 is 2.13 bits per heavy atom. The standard InChI is InChI=1S/C10H18BrN3O/c1-4-5-6-7-10(2,15)8-9(11)12-13-14(8)3/h15H,4-7H2,1-3H3. The molecule has 0 bridgehead atoms. The lowest BCUT2D eigenvalue weighted by atomic mass is 9.95.